The number of nitrogens with one attached hydrogen (secondary N) is 2. The maximum absolute atomic E-state index is 12.9. The van der Waals surface area contributed by atoms with Crippen LogP contribution in [0, 0.1) is 6.92 Å². The van der Waals surface area contributed by atoms with Crippen LogP contribution in [0.3, 0.4) is 0 Å². The minimum absolute atomic E-state index is 0.188. The highest BCUT2D eigenvalue weighted by molar-refractivity contribution is 7.19. The molecule has 5 rings (SSSR count). The number of aryl methyl sites for hydroxylation is 1. The zero-order chi connectivity index (χ0) is 26.0. The summed E-state index contributed by atoms with van der Waals surface area (Å²) >= 11 is 1.30. The van der Waals surface area contributed by atoms with Crippen LogP contribution in [-0.2, 0) is 17.4 Å². The molecule has 2 N–H and O–H groups in total. The van der Waals surface area contributed by atoms with E-state index in [9.17, 15) is 18.0 Å². The van der Waals surface area contributed by atoms with E-state index < -0.39 is 17.6 Å². The highest BCUT2D eigenvalue weighted by Crippen LogP contribution is 2.35. The smallest absolute Gasteiger partial charge is 0.302 e. The third-order valence-corrected chi connectivity index (χ3v) is 6.74. The van der Waals surface area contributed by atoms with E-state index in [4.69, 9.17) is 0 Å². The van der Waals surface area contributed by atoms with E-state index in [-0.39, 0.29) is 12.0 Å². The summed E-state index contributed by atoms with van der Waals surface area (Å²) in [6.45, 7) is 1.84. The first-order valence-electron chi connectivity index (χ1n) is 11.3. The average Bonchev–Trinajstić information content (AvgIpc) is 3.45. The van der Waals surface area contributed by atoms with Crippen LogP contribution < -0.4 is 5.32 Å². The molecule has 0 atom stereocenters. The molecule has 3 heterocycles. The Morgan fingerprint density at radius 3 is 2.73 bits per heavy atom. The molecule has 0 spiro atoms. The summed E-state index contributed by atoms with van der Waals surface area (Å²) < 4.78 is 38.8. The molecular formula is C27H20F3N5OS. The van der Waals surface area contributed by atoms with Crippen LogP contribution in [0.2, 0.25) is 0 Å². The molecule has 0 bridgehead atoms. The molecule has 0 aliphatic heterocycles. The lowest BCUT2D eigenvalue weighted by Crippen LogP contribution is -2.15. The number of carbonyl (C=O) groups excluding carboxylic acids is 1. The zero-order valence-electron chi connectivity index (χ0n) is 19.5. The van der Waals surface area contributed by atoms with Gasteiger partial charge in [0.25, 0.3) is 0 Å². The summed E-state index contributed by atoms with van der Waals surface area (Å²) in [5, 5.41) is 11.5. The van der Waals surface area contributed by atoms with Crippen LogP contribution in [0.4, 0.5) is 18.3 Å². The predicted octanol–water partition coefficient (Wildman–Crippen LogP) is 6.76. The molecule has 0 saturated carbocycles. The normalized spacial score (nSPS) is 11.9. The lowest BCUT2D eigenvalue weighted by atomic mass is 10.1. The molecule has 0 fully saturated rings. The van der Waals surface area contributed by atoms with Crippen LogP contribution in [0.5, 0.6) is 0 Å². The van der Waals surface area contributed by atoms with E-state index in [0.717, 1.165) is 50.6 Å². The molecule has 1 amide bonds. The van der Waals surface area contributed by atoms with Gasteiger partial charge in [0.2, 0.25) is 5.91 Å². The highest BCUT2D eigenvalue weighted by Gasteiger charge is 2.30. The Bertz CT molecular complexity index is 1610. The number of carbonyl (C=O) groups is 1. The molecule has 0 aliphatic rings. The standard InChI is InChI=1S/C27H20F3N5OS/c1-16-25(37-26(32-16)33-24(36)14-17-5-4-6-19(13-17)27(28,29)30)18-8-10-21-22(34-35-23(21)15-18)11-9-20-7-2-3-12-31-20/h2-13,15H,14H2,1H3,(H,34,35)(H,32,33,36)/b11-9+. The largest absolute Gasteiger partial charge is 0.416 e. The number of H-pyrrole nitrogens is 1. The molecule has 0 aliphatic carbocycles. The minimum Gasteiger partial charge on any atom is -0.302 e. The van der Waals surface area contributed by atoms with Gasteiger partial charge in [0.05, 0.1) is 39.5 Å². The number of nitrogens with zero attached hydrogens (tertiary/aromatic N) is 3. The Morgan fingerprint density at radius 2 is 1.95 bits per heavy atom. The fourth-order valence-electron chi connectivity index (χ4n) is 3.87. The molecule has 0 unspecified atom stereocenters. The number of aromatic nitrogens is 4. The maximum Gasteiger partial charge on any atom is 0.416 e. The quantitative estimate of drug-likeness (QED) is 0.260. The Labute approximate surface area is 213 Å². The minimum atomic E-state index is -4.46. The van der Waals surface area contributed by atoms with E-state index in [1.165, 1.54) is 23.5 Å². The van der Waals surface area contributed by atoms with Crippen molar-refractivity contribution < 1.29 is 18.0 Å². The van der Waals surface area contributed by atoms with Crippen LogP contribution in [0.25, 0.3) is 33.5 Å². The molecule has 186 valence electrons. The van der Waals surface area contributed by atoms with Gasteiger partial charge >= 0.3 is 6.18 Å². The number of benzene rings is 2. The number of rotatable bonds is 6. The second-order valence-corrected chi connectivity index (χ2v) is 9.31. The third-order valence-electron chi connectivity index (χ3n) is 5.62. The predicted molar refractivity (Wildman–Crippen MR) is 139 cm³/mol. The lowest BCUT2D eigenvalue weighted by molar-refractivity contribution is -0.137. The third kappa shape index (κ3) is 5.59. The van der Waals surface area contributed by atoms with Crippen molar-refractivity contribution in [2.24, 2.45) is 0 Å². The number of amides is 1. The lowest BCUT2D eigenvalue weighted by Gasteiger charge is -2.08. The van der Waals surface area contributed by atoms with Crippen LogP contribution >= 0.6 is 11.3 Å². The molecule has 0 radical (unpaired) electrons. The summed E-state index contributed by atoms with van der Waals surface area (Å²) in [4.78, 5) is 22.1. The topological polar surface area (TPSA) is 83.6 Å². The molecular weight excluding hydrogens is 499 g/mol. The number of aromatic amines is 1. The number of hydrogen-bond donors (Lipinski definition) is 2. The van der Waals surface area contributed by atoms with Crippen LogP contribution in [-0.4, -0.2) is 26.1 Å². The van der Waals surface area contributed by atoms with Crippen molar-refractivity contribution in [3.63, 3.8) is 0 Å². The van der Waals surface area contributed by atoms with Crippen molar-refractivity contribution in [1.82, 2.24) is 20.2 Å². The van der Waals surface area contributed by atoms with E-state index in [0.29, 0.717) is 5.13 Å². The van der Waals surface area contributed by atoms with Crippen molar-refractivity contribution >= 4 is 45.4 Å². The second-order valence-electron chi connectivity index (χ2n) is 8.31. The summed E-state index contributed by atoms with van der Waals surface area (Å²) in [5.74, 6) is -0.437. The Hall–Kier alpha value is -4.31. The van der Waals surface area contributed by atoms with Gasteiger partial charge in [-0.1, -0.05) is 41.7 Å². The molecule has 10 heteroatoms. The van der Waals surface area contributed by atoms with Crippen LogP contribution in [0.15, 0.2) is 66.9 Å². The van der Waals surface area contributed by atoms with Gasteiger partial charge in [-0.3, -0.25) is 14.9 Å². The Morgan fingerprint density at radius 1 is 1.08 bits per heavy atom. The van der Waals surface area contributed by atoms with Gasteiger partial charge < -0.3 is 5.32 Å². The van der Waals surface area contributed by atoms with Crippen molar-refractivity contribution in [2.75, 3.05) is 5.32 Å². The first kappa shape index (κ1) is 24.4. The van der Waals surface area contributed by atoms with Gasteiger partial charge in [0.1, 0.15) is 0 Å². The monoisotopic (exact) mass is 519 g/mol. The first-order chi connectivity index (χ1) is 17.8. The Kier molecular flexibility index (Phi) is 6.58. The van der Waals surface area contributed by atoms with Crippen molar-refractivity contribution in [3.8, 4) is 10.4 Å². The number of anilines is 1. The van der Waals surface area contributed by atoms with E-state index in [2.05, 4.69) is 25.5 Å². The van der Waals surface area contributed by atoms with Gasteiger partial charge in [-0.05, 0) is 60.5 Å². The molecule has 5 aromatic rings. The molecule has 0 saturated heterocycles. The Balaban J connectivity index is 1.31. The zero-order valence-corrected chi connectivity index (χ0v) is 20.3. The van der Waals surface area contributed by atoms with Crippen molar-refractivity contribution in [3.05, 3.63) is 95.1 Å². The van der Waals surface area contributed by atoms with E-state index in [1.807, 2.05) is 55.5 Å². The fourth-order valence-corrected chi connectivity index (χ4v) is 4.85. The number of pyridine rings is 1. The van der Waals surface area contributed by atoms with E-state index in [1.54, 1.807) is 6.20 Å². The van der Waals surface area contributed by atoms with Crippen molar-refractivity contribution in [2.45, 2.75) is 19.5 Å². The summed E-state index contributed by atoms with van der Waals surface area (Å²) in [6, 6.07) is 16.3. The van der Waals surface area contributed by atoms with Gasteiger partial charge in [-0.25, -0.2) is 4.98 Å². The second kappa shape index (κ2) is 9.98. The summed E-state index contributed by atoms with van der Waals surface area (Å²) in [7, 11) is 0. The maximum atomic E-state index is 12.9. The fraction of sp³-hybridized carbons (Fsp3) is 0.111. The first-order valence-corrected chi connectivity index (χ1v) is 12.1. The van der Waals surface area contributed by atoms with Crippen molar-refractivity contribution in [1.29, 1.82) is 0 Å². The van der Waals surface area contributed by atoms with Gasteiger partial charge in [0.15, 0.2) is 5.13 Å². The average molecular weight is 520 g/mol. The molecule has 37 heavy (non-hydrogen) atoms. The molecule has 2 aromatic carbocycles. The summed E-state index contributed by atoms with van der Waals surface area (Å²) in [5.41, 5.74) is 3.60. The molecule has 6 nitrogen and oxygen atoms in total. The SMILES string of the molecule is Cc1nc(NC(=O)Cc2cccc(C(F)(F)F)c2)sc1-c1ccc2c(/C=C/c3ccccn3)n[nH]c2c1. The van der Waals surface area contributed by atoms with Gasteiger partial charge in [0, 0.05) is 11.6 Å². The summed E-state index contributed by atoms with van der Waals surface area (Å²) in [6.07, 6.45) is 0.878. The number of hydrogen-bond acceptors (Lipinski definition) is 5. The van der Waals surface area contributed by atoms with Gasteiger partial charge in [-0.2, -0.15) is 18.3 Å². The number of halogens is 3. The van der Waals surface area contributed by atoms with Crippen LogP contribution in [0.1, 0.15) is 28.2 Å². The number of thiazole rings is 1. The molecule has 3 aromatic heterocycles. The van der Waals surface area contributed by atoms with Gasteiger partial charge in [-0.15, -0.1) is 0 Å². The number of fused-ring (bicyclic) bond motifs is 1. The highest BCUT2D eigenvalue weighted by atomic mass is 32.1. The van der Waals surface area contributed by atoms with E-state index >= 15 is 0 Å². The number of alkyl halides is 3.